The van der Waals surface area contributed by atoms with Crippen molar-refractivity contribution in [3.63, 3.8) is 0 Å². The molecule has 0 aromatic heterocycles. The van der Waals surface area contributed by atoms with Crippen LogP contribution >= 0.6 is 0 Å². The molecule has 0 unspecified atom stereocenters. The minimum Gasteiger partial charge on any atom is -0.486 e. The second-order valence-corrected chi connectivity index (χ2v) is 5.20. The van der Waals surface area contributed by atoms with E-state index in [-0.39, 0.29) is 24.7 Å². The van der Waals surface area contributed by atoms with Crippen LogP contribution in [-0.4, -0.2) is 27.1 Å². The fourth-order valence-electron chi connectivity index (χ4n) is 1.32. The number of fused-ring (bicyclic) bond motifs is 1. The molecule has 8 heteroatoms. The Morgan fingerprint density at radius 2 is 1.65 bits per heavy atom. The smallest absolute Gasteiger partial charge is 0.486 e. The van der Waals surface area contributed by atoms with Gasteiger partial charge in [0, 0.05) is 6.07 Å². The van der Waals surface area contributed by atoms with E-state index < -0.39 is 20.2 Å². The van der Waals surface area contributed by atoms with Gasteiger partial charge in [-0.05, 0) is 12.1 Å². The number of sulfone groups is 1. The molecule has 1 aromatic rings. The highest BCUT2D eigenvalue weighted by molar-refractivity contribution is 7.92. The summed E-state index contributed by atoms with van der Waals surface area (Å²) in [5.74, 6) is 0.235. The van der Waals surface area contributed by atoms with E-state index in [1.54, 1.807) is 0 Å². The van der Waals surface area contributed by atoms with E-state index in [1.807, 2.05) is 0 Å². The van der Waals surface area contributed by atoms with Crippen molar-refractivity contribution < 1.29 is 31.1 Å². The Morgan fingerprint density at radius 1 is 1.06 bits per heavy atom. The Balaban J connectivity index is 2.48. The van der Waals surface area contributed by atoms with Crippen molar-refractivity contribution in [3.8, 4) is 11.5 Å². The van der Waals surface area contributed by atoms with Gasteiger partial charge in [-0.1, -0.05) is 0 Å². The third kappa shape index (κ3) is 2.04. The van der Waals surface area contributed by atoms with E-state index in [0.717, 1.165) is 18.2 Å². The number of rotatable bonds is 1. The van der Waals surface area contributed by atoms with Crippen LogP contribution in [0.3, 0.4) is 0 Å². The van der Waals surface area contributed by atoms with Crippen LogP contribution in [0.15, 0.2) is 23.1 Å². The number of hydrogen-bond acceptors (Lipinski definition) is 4. The molecule has 0 atom stereocenters. The van der Waals surface area contributed by atoms with Crippen LogP contribution in [0.4, 0.5) is 13.2 Å². The maximum absolute atomic E-state index is 12.3. The van der Waals surface area contributed by atoms with Crippen LogP contribution < -0.4 is 9.47 Å². The van der Waals surface area contributed by atoms with Crippen LogP contribution in [0.25, 0.3) is 0 Å². The Kier molecular flexibility index (Phi) is 2.69. The molecule has 0 amide bonds. The van der Waals surface area contributed by atoms with Crippen molar-refractivity contribution in [2.45, 2.75) is 10.4 Å². The molecule has 0 bridgehead atoms. The first-order chi connectivity index (χ1) is 7.82. The fourth-order valence-corrected chi connectivity index (χ4v) is 2.10. The van der Waals surface area contributed by atoms with Crippen LogP contribution in [0.2, 0.25) is 0 Å². The van der Waals surface area contributed by atoms with Gasteiger partial charge in [-0.3, -0.25) is 0 Å². The maximum Gasteiger partial charge on any atom is 0.501 e. The highest BCUT2D eigenvalue weighted by atomic mass is 32.2. The Morgan fingerprint density at radius 3 is 2.24 bits per heavy atom. The quantitative estimate of drug-likeness (QED) is 0.778. The number of benzene rings is 1. The molecule has 1 aliphatic heterocycles. The highest BCUT2D eigenvalue weighted by Gasteiger charge is 2.47. The minimum atomic E-state index is -5.35. The van der Waals surface area contributed by atoms with E-state index in [4.69, 9.17) is 9.47 Å². The zero-order valence-corrected chi connectivity index (χ0v) is 9.14. The fraction of sp³-hybridized carbons (Fsp3) is 0.333. The molecule has 94 valence electrons. The molecule has 0 radical (unpaired) electrons. The van der Waals surface area contributed by atoms with Crippen LogP contribution in [0.1, 0.15) is 0 Å². The summed E-state index contributed by atoms with van der Waals surface area (Å²) in [5, 5.41) is 0. The largest absolute Gasteiger partial charge is 0.501 e. The summed E-state index contributed by atoms with van der Waals surface area (Å²) in [4.78, 5) is -0.853. The molecule has 4 nitrogen and oxygen atoms in total. The average Bonchev–Trinajstić information content (AvgIpc) is 2.27. The predicted molar refractivity (Wildman–Crippen MR) is 50.7 cm³/mol. The Bertz CT molecular complexity index is 536. The van der Waals surface area contributed by atoms with Crippen LogP contribution in [-0.2, 0) is 9.84 Å². The predicted octanol–water partition coefficient (Wildman–Crippen LogP) is 1.75. The van der Waals surface area contributed by atoms with Gasteiger partial charge < -0.3 is 9.47 Å². The minimum absolute atomic E-state index is 0.00146. The lowest BCUT2D eigenvalue weighted by atomic mass is 10.3. The molecule has 17 heavy (non-hydrogen) atoms. The lowest BCUT2D eigenvalue weighted by Crippen LogP contribution is -2.23. The topological polar surface area (TPSA) is 52.6 Å². The molecule has 1 aliphatic rings. The SMILES string of the molecule is O=S(=O)(c1ccc2c(c1)OCCO2)C(F)(F)F. The first-order valence-electron chi connectivity index (χ1n) is 4.53. The van der Waals surface area contributed by atoms with E-state index in [1.165, 1.54) is 0 Å². The van der Waals surface area contributed by atoms with E-state index in [0.29, 0.717) is 0 Å². The summed E-state index contributed by atoms with van der Waals surface area (Å²) in [7, 11) is -5.35. The van der Waals surface area contributed by atoms with Crippen LogP contribution in [0.5, 0.6) is 11.5 Å². The summed E-state index contributed by atoms with van der Waals surface area (Å²) < 4.78 is 69.2. The zero-order valence-electron chi connectivity index (χ0n) is 8.32. The molecular formula is C9H7F3O4S. The van der Waals surface area contributed by atoms with Crippen molar-refractivity contribution in [1.29, 1.82) is 0 Å². The molecule has 2 rings (SSSR count). The van der Waals surface area contributed by atoms with Crippen LogP contribution in [0, 0.1) is 0 Å². The summed E-state index contributed by atoms with van der Waals surface area (Å²) in [6.07, 6.45) is 0. The molecule has 0 N–H and O–H groups in total. The Labute approximate surface area is 94.9 Å². The lowest BCUT2D eigenvalue weighted by molar-refractivity contribution is -0.0436. The van der Waals surface area contributed by atoms with Crippen molar-refractivity contribution in [3.05, 3.63) is 18.2 Å². The van der Waals surface area contributed by atoms with E-state index in [2.05, 4.69) is 0 Å². The van der Waals surface area contributed by atoms with Crippen molar-refractivity contribution in [2.75, 3.05) is 13.2 Å². The number of ether oxygens (including phenoxy) is 2. The van der Waals surface area contributed by atoms with Gasteiger partial charge in [0.05, 0.1) is 4.90 Å². The lowest BCUT2D eigenvalue weighted by Gasteiger charge is -2.19. The summed E-state index contributed by atoms with van der Waals surface area (Å²) in [5.41, 5.74) is -5.32. The molecule has 0 spiro atoms. The van der Waals surface area contributed by atoms with Gasteiger partial charge in [-0.2, -0.15) is 13.2 Å². The molecule has 1 aromatic carbocycles. The average molecular weight is 268 g/mol. The molecular weight excluding hydrogens is 261 g/mol. The van der Waals surface area contributed by atoms with Gasteiger partial charge in [0.15, 0.2) is 11.5 Å². The molecule has 0 fully saturated rings. The first-order valence-corrected chi connectivity index (χ1v) is 6.02. The number of halogens is 3. The van der Waals surface area contributed by atoms with Crippen molar-refractivity contribution in [1.82, 2.24) is 0 Å². The number of hydrogen-bond donors (Lipinski definition) is 0. The summed E-state index contributed by atoms with van der Waals surface area (Å²) >= 11 is 0. The van der Waals surface area contributed by atoms with Gasteiger partial charge >= 0.3 is 5.51 Å². The Hall–Kier alpha value is -1.44. The highest BCUT2D eigenvalue weighted by Crippen LogP contribution is 2.36. The van der Waals surface area contributed by atoms with Crippen molar-refractivity contribution in [2.24, 2.45) is 0 Å². The summed E-state index contributed by atoms with van der Waals surface area (Å²) in [6, 6.07) is 2.81. The molecule has 0 saturated heterocycles. The van der Waals surface area contributed by atoms with Gasteiger partial charge in [-0.25, -0.2) is 8.42 Å². The van der Waals surface area contributed by atoms with Crippen molar-refractivity contribution >= 4 is 9.84 Å². The van der Waals surface area contributed by atoms with E-state index in [9.17, 15) is 21.6 Å². The monoisotopic (exact) mass is 268 g/mol. The first kappa shape index (κ1) is 12.0. The molecule has 1 heterocycles. The molecule has 0 saturated carbocycles. The standard InChI is InChI=1S/C9H7F3O4S/c10-9(11,12)17(13,14)6-1-2-7-8(5-6)16-4-3-15-7/h1-2,5H,3-4H2. The van der Waals surface area contributed by atoms with Gasteiger partial charge in [0.25, 0.3) is 9.84 Å². The summed E-state index contributed by atoms with van der Waals surface area (Å²) in [6.45, 7) is 0.445. The second kappa shape index (κ2) is 3.80. The van der Waals surface area contributed by atoms with Gasteiger partial charge in [0.1, 0.15) is 13.2 Å². The van der Waals surface area contributed by atoms with E-state index >= 15 is 0 Å². The second-order valence-electron chi connectivity index (χ2n) is 3.25. The maximum atomic E-state index is 12.3. The zero-order chi connectivity index (χ0) is 12.7. The normalized spacial score (nSPS) is 15.7. The van der Waals surface area contributed by atoms with Gasteiger partial charge in [-0.15, -0.1) is 0 Å². The third-order valence-electron chi connectivity index (χ3n) is 2.13. The number of alkyl halides is 3. The molecule has 0 aliphatic carbocycles. The third-order valence-corrected chi connectivity index (χ3v) is 3.61. The van der Waals surface area contributed by atoms with Gasteiger partial charge in [0.2, 0.25) is 0 Å².